The van der Waals surface area contributed by atoms with Crippen LogP contribution in [0.5, 0.6) is 5.75 Å². The summed E-state index contributed by atoms with van der Waals surface area (Å²) in [6.07, 6.45) is 0.0245. The van der Waals surface area contributed by atoms with E-state index >= 15 is 0 Å². The van der Waals surface area contributed by atoms with E-state index in [2.05, 4.69) is 10.3 Å². The zero-order valence-electron chi connectivity index (χ0n) is 17.8. The summed E-state index contributed by atoms with van der Waals surface area (Å²) in [5.74, 6) is 0.209. The van der Waals surface area contributed by atoms with Gasteiger partial charge in [0.25, 0.3) is 5.91 Å². The molecule has 0 aliphatic rings. The van der Waals surface area contributed by atoms with Crippen LogP contribution in [0.25, 0.3) is 10.2 Å². The number of nitrogens with zero attached hydrogens (tertiary/aromatic N) is 4. The highest BCUT2D eigenvalue weighted by Crippen LogP contribution is 2.32. The van der Waals surface area contributed by atoms with Crippen LogP contribution in [0, 0.1) is 22.7 Å². The van der Waals surface area contributed by atoms with E-state index in [1.54, 1.807) is 0 Å². The van der Waals surface area contributed by atoms with Gasteiger partial charge in [-0.05, 0) is 43.3 Å². The van der Waals surface area contributed by atoms with E-state index in [0.717, 1.165) is 9.01 Å². The van der Waals surface area contributed by atoms with Crippen LogP contribution in [-0.2, 0) is 10.0 Å². The number of rotatable bonds is 10. The number of hydrogen-bond donors (Lipinski definition) is 1. The molecule has 0 saturated carbocycles. The zero-order valence-corrected chi connectivity index (χ0v) is 19.4. The molecule has 11 heteroatoms. The van der Waals surface area contributed by atoms with Gasteiger partial charge in [-0.1, -0.05) is 17.4 Å². The lowest BCUT2D eigenvalue weighted by Crippen LogP contribution is -2.32. The molecule has 0 aliphatic carbocycles. The maximum Gasteiger partial charge on any atom is 0.257 e. The van der Waals surface area contributed by atoms with Gasteiger partial charge in [0, 0.05) is 31.5 Å². The van der Waals surface area contributed by atoms with Crippen molar-refractivity contribution in [2.24, 2.45) is 0 Å². The Bertz CT molecular complexity index is 1300. The molecule has 1 amide bonds. The normalized spacial score (nSPS) is 11.2. The number of benzene rings is 2. The van der Waals surface area contributed by atoms with Crippen molar-refractivity contribution >= 4 is 42.6 Å². The van der Waals surface area contributed by atoms with Crippen LogP contribution < -0.4 is 10.1 Å². The summed E-state index contributed by atoms with van der Waals surface area (Å²) >= 11 is 1.31. The van der Waals surface area contributed by atoms with Gasteiger partial charge < -0.3 is 4.74 Å². The highest BCUT2D eigenvalue weighted by Gasteiger charge is 2.24. The number of carbonyl (C=O) groups is 1. The third kappa shape index (κ3) is 5.65. The molecule has 0 aliphatic heterocycles. The first-order valence-electron chi connectivity index (χ1n) is 10.1. The van der Waals surface area contributed by atoms with Gasteiger partial charge in [-0.15, -0.1) is 0 Å². The van der Waals surface area contributed by atoms with Gasteiger partial charge in [-0.2, -0.15) is 14.8 Å². The van der Waals surface area contributed by atoms with Crippen LogP contribution >= 0.6 is 11.3 Å². The molecule has 0 radical (unpaired) electrons. The number of aromatic nitrogens is 1. The van der Waals surface area contributed by atoms with Gasteiger partial charge in [-0.25, -0.2) is 13.4 Å². The van der Waals surface area contributed by atoms with Gasteiger partial charge in [-0.3, -0.25) is 10.1 Å². The fraction of sp³-hybridized carbons (Fsp3) is 0.273. The predicted octanol–water partition coefficient (Wildman–Crippen LogP) is 3.77. The van der Waals surface area contributed by atoms with Gasteiger partial charge in [0.2, 0.25) is 10.0 Å². The Morgan fingerprint density at radius 3 is 2.39 bits per heavy atom. The number of anilines is 1. The SMILES string of the molecule is CCOc1cccc2sc(NC(=O)c3ccc(S(=O)(=O)N(CCC#N)CCC#N)cc3)nc12. The van der Waals surface area contributed by atoms with Crippen molar-refractivity contribution in [3.63, 3.8) is 0 Å². The van der Waals surface area contributed by atoms with Crippen molar-refractivity contribution in [1.29, 1.82) is 10.5 Å². The highest BCUT2D eigenvalue weighted by atomic mass is 32.2. The molecule has 1 aromatic heterocycles. The minimum Gasteiger partial charge on any atom is -0.492 e. The maximum atomic E-state index is 12.9. The highest BCUT2D eigenvalue weighted by molar-refractivity contribution is 7.89. The fourth-order valence-corrected chi connectivity index (χ4v) is 5.37. The number of carbonyl (C=O) groups excluding carboxylic acids is 1. The minimum absolute atomic E-state index is 0.00983. The summed E-state index contributed by atoms with van der Waals surface area (Å²) in [5.41, 5.74) is 0.926. The quantitative estimate of drug-likeness (QED) is 0.463. The van der Waals surface area contributed by atoms with Crippen LogP contribution in [0.15, 0.2) is 47.4 Å². The number of ether oxygens (including phenoxy) is 1. The summed E-state index contributed by atoms with van der Waals surface area (Å²) in [4.78, 5) is 17.1. The molecule has 0 fully saturated rings. The summed E-state index contributed by atoms with van der Waals surface area (Å²) < 4.78 is 33.3. The Hall–Kier alpha value is -3.51. The number of nitrogens with one attached hydrogen (secondary N) is 1. The molecule has 0 saturated heterocycles. The predicted molar refractivity (Wildman–Crippen MR) is 124 cm³/mol. The molecule has 3 aromatic rings. The van der Waals surface area contributed by atoms with Crippen LogP contribution in [0.1, 0.15) is 30.1 Å². The topological polar surface area (TPSA) is 136 Å². The largest absolute Gasteiger partial charge is 0.492 e. The molecule has 0 unspecified atom stereocenters. The number of sulfonamides is 1. The molecule has 1 heterocycles. The van der Waals surface area contributed by atoms with E-state index in [4.69, 9.17) is 15.3 Å². The van der Waals surface area contributed by atoms with E-state index in [-0.39, 0.29) is 36.4 Å². The molecule has 0 spiro atoms. The monoisotopic (exact) mass is 483 g/mol. The lowest BCUT2D eigenvalue weighted by molar-refractivity contribution is 0.102. The second-order valence-corrected chi connectivity index (χ2v) is 9.72. The van der Waals surface area contributed by atoms with Crippen LogP contribution in [0.2, 0.25) is 0 Å². The molecule has 9 nitrogen and oxygen atoms in total. The van der Waals surface area contributed by atoms with Crippen molar-refractivity contribution in [1.82, 2.24) is 9.29 Å². The summed E-state index contributed by atoms with van der Waals surface area (Å²) in [6.45, 7) is 2.36. The van der Waals surface area contributed by atoms with Gasteiger partial charge in [0.15, 0.2) is 5.13 Å². The van der Waals surface area contributed by atoms with Gasteiger partial charge in [0.05, 0.1) is 28.3 Å². The first-order valence-corrected chi connectivity index (χ1v) is 12.3. The fourth-order valence-electron chi connectivity index (χ4n) is 3.05. The lowest BCUT2D eigenvalue weighted by Gasteiger charge is -2.20. The Balaban J connectivity index is 1.77. The minimum atomic E-state index is -3.90. The molecule has 0 atom stereocenters. The summed E-state index contributed by atoms with van der Waals surface area (Å²) in [6, 6.07) is 14.9. The van der Waals surface area contributed by atoms with Gasteiger partial charge in [0.1, 0.15) is 11.3 Å². The third-order valence-corrected chi connectivity index (χ3v) is 7.45. The van der Waals surface area contributed by atoms with Crippen molar-refractivity contribution < 1.29 is 17.9 Å². The third-order valence-electron chi connectivity index (χ3n) is 4.60. The molecule has 2 aromatic carbocycles. The number of hydrogen-bond acceptors (Lipinski definition) is 8. The van der Waals surface area contributed by atoms with Crippen LogP contribution in [-0.4, -0.2) is 43.3 Å². The van der Waals surface area contributed by atoms with Crippen molar-refractivity contribution in [3.8, 4) is 17.9 Å². The second-order valence-electron chi connectivity index (χ2n) is 6.75. The lowest BCUT2D eigenvalue weighted by atomic mass is 10.2. The first-order chi connectivity index (χ1) is 15.9. The first kappa shape index (κ1) is 24.1. The standard InChI is InChI=1S/C22H21N5O4S2/c1-2-31-18-6-3-7-19-20(18)25-22(32-19)26-21(28)16-8-10-17(11-9-16)33(29,30)27(14-4-12-23)15-5-13-24/h3,6-11H,2,4-5,14-15H2,1H3,(H,25,26,28). The van der Waals surface area contributed by atoms with E-state index in [1.807, 2.05) is 37.3 Å². The zero-order chi connectivity index (χ0) is 23.8. The van der Waals surface area contributed by atoms with Gasteiger partial charge >= 0.3 is 0 Å². The Morgan fingerprint density at radius 1 is 1.12 bits per heavy atom. The smallest absolute Gasteiger partial charge is 0.257 e. The molecule has 170 valence electrons. The number of amides is 1. The molecule has 3 rings (SSSR count). The van der Waals surface area contributed by atoms with Crippen LogP contribution in [0.3, 0.4) is 0 Å². The van der Waals surface area contributed by atoms with E-state index in [0.29, 0.717) is 23.0 Å². The molecule has 33 heavy (non-hydrogen) atoms. The summed E-state index contributed by atoms with van der Waals surface area (Å²) in [7, 11) is -3.90. The average molecular weight is 484 g/mol. The van der Waals surface area contributed by atoms with Crippen molar-refractivity contribution in [2.45, 2.75) is 24.7 Å². The Labute approximate surface area is 195 Å². The average Bonchev–Trinajstić information content (AvgIpc) is 3.22. The van der Waals surface area contributed by atoms with E-state index in [1.165, 1.54) is 35.6 Å². The number of fused-ring (bicyclic) bond motifs is 1. The molecular weight excluding hydrogens is 462 g/mol. The van der Waals surface area contributed by atoms with Crippen molar-refractivity contribution in [3.05, 3.63) is 48.0 Å². The molecule has 1 N–H and O–H groups in total. The maximum absolute atomic E-state index is 12.9. The van der Waals surface area contributed by atoms with Crippen LogP contribution in [0.4, 0.5) is 5.13 Å². The summed E-state index contributed by atoms with van der Waals surface area (Å²) in [5, 5.41) is 20.7. The molecule has 0 bridgehead atoms. The van der Waals surface area contributed by atoms with E-state index in [9.17, 15) is 13.2 Å². The second kappa shape index (κ2) is 10.9. The Kier molecular flexibility index (Phi) is 7.96. The number of nitriles is 2. The Morgan fingerprint density at radius 2 is 1.79 bits per heavy atom. The molecular formula is C22H21N5O4S2. The number of para-hydroxylation sites is 1. The van der Waals surface area contributed by atoms with E-state index < -0.39 is 15.9 Å². The number of thiazole rings is 1. The van der Waals surface area contributed by atoms with Crippen molar-refractivity contribution in [2.75, 3.05) is 25.0 Å².